The van der Waals surface area contributed by atoms with Crippen LogP contribution in [0.1, 0.15) is 28.0 Å². The minimum atomic E-state index is -1.68. The average molecular weight is 413 g/mol. The van der Waals surface area contributed by atoms with E-state index in [1.54, 1.807) is 54.2 Å². The highest BCUT2D eigenvalue weighted by Gasteiger charge is 2.42. The Kier molecular flexibility index (Phi) is 4.94. The van der Waals surface area contributed by atoms with Gasteiger partial charge in [-0.25, -0.2) is 4.68 Å². The van der Waals surface area contributed by atoms with Crippen LogP contribution in [-0.4, -0.2) is 50.8 Å². The minimum Gasteiger partial charge on any atom is -0.369 e. The standard InChI is InChI=1S/C23H19N5O3/c1-27-12-10-23(31,22(27)30)9-7-15-3-2-4-17(13-15)28-19-6-5-16(8-11-24)14-18(19)20(26-28)21(25)29/h2-6,13-14,31H,8,10,12H2,1H3,(H2,25,29). The molecule has 4 rings (SSSR count). The van der Waals surface area contributed by atoms with Crippen LogP contribution in [0.25, 0.3) is 16.6 Å². The number of amides is 2. The molecule has 2 aromatic carbocycles. The summed E-state index contributed by atoms with van der Waals surface area (Å²) >= 11 is 0. The quantitative estimate of drug-likeness (QED) is 0.623. The molecule has 1 unspecified atom stereocenters. The van der Waals surface area contributed by atoms with Gasteiger partial charge in [-0.3, -0.25) is 9.59 Å². The van der Waals surface area contributed by atoms with Crippen molar-refractivity contribution in [3.05, 3.63) is 59.3 Å². The van der Waals surface area contributed by atoms with Crippen molar-refractivity contribution in [3.8, 4) is 23.6 Å². The fraction of sp³-hybridized carbons (Fsp3) is 0.217. The number of likely N-dealkylation sites (tertiary alicyclic amines) is 1. The van der Waals surface area contributed by atoms with Gasteiger partial charge in [-0.05, 0) is 35.9 Å². The number of aromatic nitrogens is 2. The molecule has 1 aromatic heterocycles. The van der Waals surface area contributed by atoms with E-state index in [4.69, 9.17) is 11.0 Å². The highest BCUT2D eigenvalue weighted by Crippen LogP contribution is 2.25. The van der Waals surface area contributed by atoms with Gasteiger partial charge in [0, 0.05) is 31.0 Å². The van der Waals surface area contributed by atoms with Crippen LogP contribution < -0.4 is 5.73 Å². The number of benzene rings is 2. The maximum absolute atomic E-state index is 12.1. The smallest absolute Gasteiger partial charge is 0.269 e. The number of nitriles is 1. The third kappa shape index (κ3) is 3.61. The maximum atomic E-state index is 12.1. The van der Waals surface area contributed by atoms with Crippen molar-refractivity contribution in [1.82, 2.24) is 14.7 Å². The van der Waals surface area contributed by atoms with Gasteiger partial charge < -0.3 is 15.7 Å². The lowest BCUT2D eigenvalue weighted by molar-refractivity contribution is -0.137. The third-order valence-electron chi connectivity index (χ3n) is 5.27. The van der Waals surface area contributed by atoms with Crippen molar-refractivity contribution in [2.45, 2.75) is 18.4 Å². The molecule has 0 saturated carbocycles. The zero-order valence-electron chi connectivity index (χ0n) is 16.8. The van der Waals surface area contributed by atoms with Gasteiger partial charge in [0.05, 0.1) is 23.7 Å². The van der Waals surface area contributed by atoms with E-state index in [-0.39, 0.29) is 18.5 Å². The fourth-order valence-corrected chi connectivity index (χ4v) is 3.61. The predicted molar refractivity (Wildman–Crippen MR) is 113 cm³/mol. The number of carbonyl (C=O) groups excluding carboxylic acids is 2. The summed E-state index contributed by atoms with van der Waals surface area (Å²) in [6.07, 6.45) is 0.465. The van der Waals surface area contributed by atoms with E-state index in [1.807, 2.05) is 0 Å². The Labute approximate surface area is 178 Å². The number of aliphatic hydroxyl groups is 1. The topological polar surface area (TPSA) is 125 Å². The van der Waals surface area contributed by atoms with Gasteiger partial charge in [-0.1, -0.05) is 24.0 Å². The third-order valence-corrected chi connectivity index (χ3v) is 5.27. The molecule has 0 spiro atoms. The molecule has 1 saturated heterocycles. The van der Waals surface area contributed by atoms with Crippen LogP contribution in [0, 0.1) is 23.2 Å². The Morgan fingerprint density at radius 2 is 2.13 bits per heavy atom. The summed E-state index contributed by atoms with van der Waals surface area (Å²) in [5.74, 6) is 4.50. The van der Waals surface area contributed by atoms with Crippen LogP contribution in [-0.2, 0) is 11.2 Å². The van der Waals surface area contributed by atoms with Crippen LogP contribution >= 0.6 is 0 Å². The number of hydrogen-bond acceptors (Lipinski definition) is 5. The monoisotopic (exact) mass is 413 g/mol. The molecule has 3 aromatic rings. The number of nitrogens with zero attached hydrogens (tertiary/aromatic N) is 4. The second-order valence-electron chi connectivity index (χ2n) is 7.45. The van der Waals surface area contributed by atoms with Crippen LogP contribution in [0.3, 0.4) is 0 Å². The van der Waals surface area contributed by atoms with E-state index in [0.29, 0.717) is 28.7 Å². The highest BCUT2D eigenvalue weighted by molar-refractivity contribution is 6.04. The van der Waals surface area contributed by atoms with Crippen LogP contribution in [0.15, 0.2) is 42.5 Å². The van der Waals surface area contributed by atoms with Gasteiger partial charge >= 0.3 is 0 Å². The van der Waals surface area contributed by atoms with Crippen molar-refractivity contribution in [2.75, 3.05) is 13.6 Å². The average Bonchev–Trinajstić information content (AvgIpc) is 3.26. The Morgan fingerprint density at radius 3 is 2.81 bits per heavy atom. The molecule has 0 radical (unpaired) electrons. The van der Waals surface area contributed by atoms with Crippen LogP contribution in [0.4, 0.5) is 0 Å². The van der Waals surface area contributed by atoms with Gasteiger partial charge in [0.15, 0.2) is 5.69 Å². The van der Waals surface area contributed by atoms with E-state index in [0.717, 1.165) is 5.56 Å². The van der Waals surface area contributed by atoms with Crippen molar-refractivity contribution in [2.24, 2.45) is 5.73 Å². The second kappa shape index (κ2) is 7.60. The van der Waals surface area contributed by atoms with E-state index in [9.17, 15) is 14.7 Å². The molecule has 0 bridgehead atoms. The SMILES string of the molecule is CN1CCC(O)(C#Cc2cccc(-n3nc(C(N)=O)c4cc(CC#N)ccc43)c2)C1=O. The Morgan fingerprint density at radius 1 is 1.32 bits per heavy atom. The lowest BCUT2D eigenvalue weighted by Gasteiger charge is -2.13. The first-order valence-electron chi connectivity index (χ1n) is 9.62. The summed E-state index contributed by atoms with van der Waals surface area (Å²) in [5, 5.41) is 24.4. The van der Waals surface area contributed by atoms with Gasteiger partial charge in [-0.2, -0.15) is 10.4 Å². The van der Waals surface area contributed by atoms with Crippen molar-refractivity contribution in [3.63, 3.8) is 0 Å². The molecule has 8 nitrogen and oxygen atoms in total. The summed E-state index contributed by atoms with van der Waals surface area (Å²) < 4.78 is 1.58. The fourth-order valence-electron chi connectivity index (χ4n) is 3.61. The summed E-state index contributed by atoms with van der Waals surface area (Å²) in [6.45, 7) is 0.451. The number of primary amides is 1. The van der Waals surface area contributed by atoms with E-state index < -0.39 is 17.4 Å². The largest absolute Gasteiger partial charge is 0.369 e. The number of rotatable bonds is 3. The number of hydrogen-bond donors (Lipinski definition) is 2. The Balaban J connectivity index is 1.77. The molecule has 1 aliphatic rings. The highest BCUT2D eigenvalue weighted by atomic mass is 16.3. The van der Waals surface area contributed by atoms with Crippen molar-refractivity contribution >= 4 is 22.7 Å². The maximum Gasteiger partial charge on any atom is 0.269 e. The first kappa shape index (κ1) is 20.1. The molecule has 0 aliphatic carbocycles. The summed E-state index contributed by atoms with van der Waals surface area (Å²) in [4.78, 5) is 25.5. The van der Waals surface area contributed by atoms with Crippen molar-refractivity contribution < 1.29 is 14.7 Å². The van der Waals surface area contributed by atoms with Gasteiger partial charge in [0.25, 0.3) is 11.8 Å². The summed E-state index contributed by atoms with van der Waals surface area (Å²) in [5.41, 5.74) is 6.59. The zero-order valence-corrected chi connectivity index (χ0v) is 16.8. The molecule has 2 heterocycles. The number of carbonyl (C=O) groups is 2. The minimum absolute atomic E-state index is 0.111. The van der Waals surface area contributed by atoms with Crippen LogP contribution in [0.2, 0.25) is 0 Å². The zero-order chi connectivity index (χ0) is 22.2. The molecule has 1 aliphatic heterocycles. The lowest BCUT2D eigenvalue weighted by Crippen LogP contribution is -2.37. The molecule has 3 N–H and O–H groups in total. The molecule has 8 heteroatoms. The van der Waals surface area contributed by atoms with E-state index in [2.05, 4.69) is 23.0 Å². The number of nitrogens with two attached hydrogens (primary N) is 1. The molecular weight excluding hydrogens is 394 g/mol. The molecular formula is C23H19N5O3. The number of likely N-dealkylation sites (N-methyl/N-ethyl adjacent to an activating group) is 1. The molecule has 1 atom stereocenters. The summed E-state index contributed by atoms with van der Waals surface area (Å²) in [7, 11) is 1.63. The predicted octanol–water partition coefficient (Wildman–Crippen LogP) is 1.14. The summed E-state index contributed by atoms with van der Waals surface area (Å²) in [6, 6.07) is 14.5. The molecule has 31 heavy (non-hydrogen) atoms. The molecule has 154 valence electrons. The van der Waals surface area contributed by atoms with Crippen LogP contribution in [0.5, 0.6) is 0 Å². The second-order valence-corrected chi connectivity index (χ2v) is 7.45. The van der Waals surface area contributed by atoms with Gasteiger partial charge in [0.2, 0.25) is 5.60 Å². The van der Waals surface area contributed by atoms with Crippen molar-refractivity contribution in [1.29, 1.82) is 5.26 Å². The van der Waals surface area contributed by atoms with E-state index in [1.165, 1.54) is 4.90 Å². The Hall–Kier alpha value is -4.14. The van der Waals surface area contributed by atoms with Gasteiger partial charge in [0.1, 0.15) is 0 Å². The Bertz CT molecular complexity index is 1320. The normalized spacial score (nSPS) is 18.0. The molecule has 2 amide bonds. The first-order valence-corrected chi connectivity index (χ1v) is 9.62. The first-order chi connectivity index (χ1) is 14.8. The number of fused-ring (bicyclic) bond motifs is 1. The van der Waals surface area contributed by atoms with E-state index >= 15 is 0 Å². The molecule has 1 fully saturated rings. The van der Waals surface area contributed by atoms with Gasteiger partial charge in [-0.15, -0.1) is 0 Å². The lowest BCUT2D eigenvalue weighted by atomic mass is 10.0.